The number of rotatable bonds is 6. The molecule has 2 rings (SSSR count). The molecule has 0 amide bonds. The highest BCUT2D eigenvalue weighted by Crippen LogP contribution is 2.39. The van der Waals surface area contributed by atoms with Gasteiger partial charge in [0.2, 0.25) is 15.6 Å². The summed E-state index contributed by atoms with van der Waals surface area (Å²) in [6.07, 6.45) is -1.86. The van der Waals surface area contributed by atoms with Gasteiger partial charge < -0.3 is 4.74 Å². The molecule has 0 saturated heterocycles. The average molecular weight is 391 g/mol. The number of benzene rings is 1. The van der Waals surface area contributed by atoms with Gasteiger partial charge in [0.15, 0.2) is 0 Å². The van der Waals surface area contributed by atoms with Crippen LogP contribution in [0.3, 0.4) is 0 Å². The number of carbonyl (C=O) groups excluding carboxylic acids is 1. The maximum absolute atomic E-state index is 14.0. The van der Waals surface area contributed by atoms with Crippen LogP contribution >= 0.6 is 0 Å². The monoisotopic (exact) mass is 391 g/mol. The molecule has 0 aliphatic heterocycles. The van der Waals surface area contributed by atoms with Gasteiger partial charge in [0.25, 0.3) is 0 Å². The van der Waals surface area contributed by atoms with Gasteiger partial charge in [-0.05, 0) is 37.8 Å². The van der Waals surface area contributed by atoms with E-state index in [4.69, 9.17) is 0 Å². The number of carbonyl (C=O) groups is 1. The van der Waals surface area contributed by atoms with E-state index in [0.717, 1.165) is 25.7 Å². The van der Waals surface area contributed by atoms with Crippen molar-refractivity contribution in [3.05, 3.63) is 42.0 Å². The molecule has 26 heavy (non-hydrogen) atoms. The van der Waals surface area contributed by atoms with Crippen LogP contribution in [0.4, 0.5) is 13.2 Å². The van der Waals surface area contributed by atoms with Crippen LogP contribution in [0.15, 0.2) is 46.9 Å². The van der Waals surface area contributed by atoms with Crippen LogP contribution in [0.2, 0.25) is 0 Å². The quantitative estimate of drug-likeness (QED) is 0.596. The van der Waals surface area contributed by atoms with Gasteiger partial charge in [0.05, 0.1) is 12.0 Å². The number of allylic oxidation sites excluding steroid dienone is 1. The molecule has 5 nitrogen and oxygen atoms in total. The summed E-state index contributed by atoms with van der Waals surface area (Å²) in [5.41, 5.74) is -2.99. The number of nitrogens with one attached hydrogen (secondary N) is 1. The standard InChI is InChI=1S/C17H20F3NO4S/c1-25-15(22)16(17(18,19)20,12-13-8-4-2-5-9-13)21-26(23,24)14-10-6-3-7-11-14/h3,6-8,10-11,21H,2,4-5,9,12H2,1H3. The van der Waals surface area contributed by atoms with Crippen molar-refractivity contribution < 1.29 is 31.1 Å². The number of halogens is 3. The van der Waals surface area contributed by atoms with E-state index < -0.39 is 34.1 Å². The Morgan fingerprint density at radius 1 is 1.19 bits per heavy atom. The van der Waals surface area contributed by atoms with Gasteiger partial charge >= 0.3 is 12.1 Å². The fourth-order valence-corrected chi connectivity index (χ4v) is 4.25. The second-order valence-corrected chi connectivity index (χ2v) is 7.78. The fraction of sp³-hybridized carbons (Fsp3) is 0.471. The Bertz CT molecular complexity index is 775. The molecule has 144 valence electrons. The Kier molecular flexibility index (Phi) is 6.13. The SMILES string of the molecule is COC(=O)C(CC1=CCCCC1)(NS(=O)(=O)c1ccccc1)C(F)(F)F. The second-order valence-electron chi connectivity index (χ2n) is 6.10. The minimum absolute atomic E-state index is 0.366. The number of esters is 1. The van der Waals surface area contributed by atoms with E-state index in [0.29, 0.717) is 24.8 Å². The first-order valence-electron chi connectivity index (χ1n) is 8.04. The summed E-state index contributed by atoms with van der Waals surface area (Å²) in [5.74, 6) is -1.68. The summed E-state index contributed by atoms with van der Waals surface area (Å²) >= 11 is 0. The zero-order valence-corrected chi connectivity index (χ0v) is 15.0. The summed E-state index contributed by atoms with van der Waals surface area (Å²) in [4.78, 5) is 11.8. The van der Waals surface area contributed by atoms with Crippen molar-refractivity contribution in [1.82, 2.24) is 4.72 Å². The number of hydrogen-bond donors (Lipinski definition) is 1. The molecule has 0 heterocycles. The average Bonchev–Trinajstić information content (AvgIpc) is 2.61. The molecule has 9 heteroatoms. The normalized spacial score (nSPS) is 17.9. The zero-order chi connectivity index (χ0) is 19.4. The zero-order valence-electron chi connectivity index (χ0n) is 14.2. The van der Waals surface area contributed by atoms with Gasteiger partial charge in [-0.25, -0.2) is 13.2 Å². The lowest BCUT2D eigenvalue weighted by Crippen LogP contribution is -2.64. The molecule has 1 aliphatic rings. The smallest absolute Gasteiger partial charge is 0.418 e. The van der Waals surface area contributed by atoms with E-state index >= 15 is 0 Å². The summed E-state index contributed by atoms with van der Waals surface area (Å²) in [7, 11) is -3.80. The lowest BCUT2D eigenvalue weighted by Gasteiger charge is -2.34. The van der Waals surface area contributed by atoms with Gasteiger partial charge in [-0.2, -0.15) is 17.9 Å². The largest absolute Gasteiger partial charge is 0.467 e. The Morgan fingerprint density at radius 2 is 1.85 bits per heavy atom. The molecular weight excluding hydrogens is 371 g/mol. The van der Waals surface area contributed by atoms with Crippen LogP contribution in [0, 0.1) is 0 Å². The lowest BCUT2D eigenvalue weighted by molar-refractivity contribution is -0.207. The van der Waals surface area contributed by atoms with Crippen molar-refractivity contribution in [2.45, 2.75) is 48.7 Å². The van der Waals surface area contributed by atoms with Crippen LogP contribution in [0.5, 0.6) is 0 Å². The van der Waals surface area contributed by atoms with Crippen molar-refractivity contribution in [3.63, 3.8) is 0 Å². The van der Waals surface area contributed by atoms with Gasteiger partial charge in [-0.15, -0.1) is 0 Å². The highest BCUT2D eigenvalue weighted by atomic mass is 32.2. The van der Waals surface area contributed by atoms with E-state index in [9.17, 15) is 26.4 Å². The van der Waals surface area contributed by atoms with Crippen LogP contribution in [0.1, 0.15) is 32.1 Å². The highest BCUT2D eigenvalue weighted by molar-refractivity contribution is 7.89. The Balaban J connectivity index is 2.51. The number of ether oxygens (including phenoxy) is 1. The van der Waals surface area contributed by atoms with Gasteiger partial charge in [0, 0.05) is 6.42 Å². The fourth-order valence-electron chi connectivity index (χ4n) is 2.89. The van der Waals surface area contributed by atoms with E-state index in [-0.39, 0.29) is 4.90 Å². The summed E-state index contributed by atoms with van der Waals surface area (Å²) < 4.78 is 72.9. The molecule has 0 spiro atoms. The van der Waals surface area contributed by atoms with Crippen LogP contribution in [-0.2, 0) is 19.6 Å². The molecule has 0 aromatic heterocycles. The third-order valence-corrected chi connectivity index (χ3v) is 5.77. The molecule has 0 fully saturated rings. The van der Waals surface area contributed by atoms with Crippen molar-refractivity contribution in [1.29, 1.82) is 0 Å². The minimum Gasteiger partial charge on any atom is -0.467 e. The second kappa shape index (κ2) is 7.79. The first kappa shape index (κ1) is 20.4. The van der Waals surface area contributed by atoms with Crippen molar-refractivity contribution in [2.24, 2.45) is 0 Å². The lowest BCUT2D eigenvalue weighted by atomic mass is 9.86. The third-order valence-electron chi connectivity index (χ3n) is 4.26. The minimum atomic E-state index is -5.18. The van der Waals surface area contributed by atoms with E-state index in [1.165, 1.54) is 18.2 Å². The molecule has 1 atom stereocenters. The number of methoxy groups -OCH3 is 1. The summed E-state index contributed by atoms with van der Waals surface area (Å²) in [6, 6.07) is 6.60. The topological polar surface area (TPSA) is 72.5 Å². The van der Waals surface area contributed by atoms with Crippen LogP contribution < -0.4 is 4.72 Å². The summed E-state index contributed by atoms with van der Waals surface area (Å²) in [5, 5.41) is 0. The Hall–Kier alpha value is -1.87. The molecule has 1 N–H and O–H groups in total. The molecule has 1 aliphatic carbocycles. The number of hydrogen-bond acceptors (Lipinski definition) is 4. The summed E-state index contributed by atoms with van der Waals surface area (Å²) in [6.45, 7) is 0. The van der Waals surface area contributed by atoms with Crippen molar-refractivity contribution >= 4 is 16.0 Å². The molecule has 0 radical (unpaired) electrons. The number of sulfonamides is 1. The molecule has 1 aromatic carbocycles. The molecular formula is C17H20F3NO4S. The highest BCUT2D eigenvalue weighted by Gasteiger charge is 2.63. The van der Waals surface area contributed by atoms with Crippen molar-refractivity contribution in [3.8, 4) is 0 Å². The Morgan fingerprint density at radius 3 is 2.35 bits per heavy atom. The number of alkyl halides is 3. The van der Waals surface area contributed by atoms with E-state index in [1.807, 2.05) is 0 Å². The predicted octanol–water partition coefficient (Wildman–Crippen LogP) is 3.33. The maximum atomic E-state index is 14.0. The van der Waals surface area contributed by atoms with Gasteiger partial charge in [-0.3, -0.25) is 0 Å². The Labute approximate surface area is 150 Å². The predicted molar refractivity (Wildman–Crippen MR) is 88.7 cm³/mol. The first-order chi connectivity index (χ1) is 12.1. The van der Waals surface area contributed by atoms with Crippen molar-refractivity contribution in [2.75, 3.05) is 7.11 Å². The molecule has 0 saturated carbocycles. The van der Waals surface area contributed by atoms with Crippen LogP contribution in [0.25, 0.3) is 0 Å². The first-order valence-corrected chi connectivity index (χ1v) is 9.53. The van der Waals surface area contributed by atoms with Crippen LogP contribution in [-0.4, -0.2) is 33.2 Å². The molecule has 1 unspecified atom stereocenters. The molecule has 0 bridgehead atoms. The molecule has 1 aromatic rings. The van der Waals surface area contributed by atoms with Gasteiger partial charge in [0.1, 0.15) is 0 Å². The van der Waals surface area contributed by atoms with E-state index in [2.05, 4.69) is 4.74 Å². The maximum Gasteiger partial charge on any atom is 0.418 e. The van der Waals surface area contributed by atoms with Gasteiger partial charge in [-0.1, -0.05) is 29.8 Å². The van der Waals surface area contributed by atoms with E-state index in [1.54, 1.807) is 10.8 Å². The third kappa shape index (κ3) is 4.27.